The SMILES string of the molecule is CCCCCCCCCC/C=C\CCCCCCCCCCCCCCCCCCCCCC(=O)OC(COC(=O)CCCCCCCCCCCCCCCCCCCCCCCCCCCCCCCCCCCCCCCCCCC)COC(OCC[N+](C)(C)C)C(=O)O. The van der Waals surface area contributed by atoms with Crippen LogP contribution in [0, 0.1) is 0 Å². The van der Waals surface area contributed by atoms with Gasteiger partial charge in [0.25, 0.3) is 6.29 Å². The highest BCUT2D eigenvalue weighted by molar-refractivity contribution is 5.71. The molecule has 2 unspecified atom stereocenters. The van der Waals surface area contributed by atoms with Gasteiger partial charge in [-0.2, -0.15) is 0 Å². The van der Waals surface area contributed by atoms with E-state index < -0.39 is 18.4 Å². The Bertz CT molecular complexity index is 1600. The molecule has 0 aliphatic heterocycles. The van der Waals surface area contributed by atoms with Crippen LogP contribution < -0.4 is 0 Å². The number of hydrogen-bond donors (Lipinski definition) is 1. The third-order valence-electron chi connectivity index (χ3n) is 20.5. The van der Waals surface area contributed by atoms with Crippen molar-refractivity contribution in [3.05, 3.63) is 12.2 Å². The lowest BCUT2D eigenvalue weighted by molar-refractivity contribution is -0.870. The van der Waals surface area contributed by atoms with E-state index in [2.05, 4.69) is 26.0 Å². The van der Waals surface area contributed by atoms with Crippen molar-refractivity contribution in [2.45, 2.75) is 489 Å². The highest BCUT2D eigenvalue weighted by Crippen LogP contribution is 2.21. The molecule has 1 N–H and O–H groups in total. The number of quaternary nitrogens is 1. The Morgan fingerprint density at radius 1 is 0.299 bits per heavy atom. The number of carbonyl (C=O) groups excluding carboxylic acids is 2. The number of unbranched alkanes of at least 4 members (excludes halogenated alkanes) is 67. The van der Waals surface area contributed by atoms with Gasteiger partial charge in [0.05, 0.1) is 34.4 Å². The smallest absolute Gasteiger partial charge is 0.361 e. The van der Waals surface area contributed by atoms with Gasteiger partial charge in [0, 0.05) is 12.8 Å². The number of hydrogen-bond acceptors (Lipinski definition) is 7. The minimum Gasteiger partial charge on any atom is -0.477 e. The average Bonchev–Trinajstić information content (AvgIpc) is 2.39. The molecule has 0 radical (unpaired) electrons. The van der Waals surface area contributed by atoms with Crippen molar-refractivity contribution in [1.29, 1.82) is 0 Å². The number of rotatable bonds is 84. The third-order valence-corrected chi connectivity index (χ3v) is 20.5. The predicted molar refractivity (Wildman–Crippen MR) is 420 cm³/mol. The highest BCUT2D eigenvalue weighted by atomic mass is 16.7. The zero-order valence-electron chi connectivity index (χ0n) is 66.3. The second kappa shape index (κ2) is 79.7. The van der Waals surface area contributed by atoms with Gasteiger partial charge in [0.1, 0.15) is 13.2 Å². The molecule has 576 valence electrons. The van der Waals surface area contributed by atoms with Crippen LogP contribution >= 0.6 is 0 Å². The quantitative estimate of drug-likeness (QED) is 0.0211. The van der Waals surface area contributed by atoms with E-state index in [1.165, 1.54) is 411 Å². The maximum Gasteiger partial charge on any atom is 0.361 e. The summed E-state index contributed by atoms with van der Waals surface area (Å²) >= 11 is 0. The summed E-state index contributed by atoms with van der Waals surface area (Å²) in [6.07, 6.45) is 98.5. The number of aliphatic carboxylic acids is 1. The number of carbonyl (C=O) groups is 3. The molecule has 0 aliphatic rings. The second-order valence-electron chi connectivity index (χ2n) is 31.6. The molecule has 9 nitrogen and oxygen atoms in total. The minimum atomic E-state index is -1.51. The number of nitrogens with zero attached hydrogens (tertiary/aromatic N) is 1. The summed E-state index contributed by atoms with van der Waals surface area (Å²) in [5.41, 5.74) is 0. The molecule has 0 aromatic carbocycles. The van der Waals surface area contributed by atoms with Gasteiger partial charge in [-0.1, -0.05) is 437 Å². The molecule has 0 bridgehead atoms. The van der Waals surface area contributed by atoms with Crippen molar-refractivity contribution in [3.8, 4) is 0 Å². The van der Waals surface area contributed by atoms with Crippen molar-refractivity contribution in [3.63, 3.8) is 0 Å². The van der Waals surface area contributed by atoms with E-state index >= 15 is 0 Å². The molecule has 0 aliphatic carbocycles. The average molecular weight is 1370 g/mol. The lowest BCUT2D eigenvalue weighted by Crippen LogP contribution is -2.40. The summed E-state index contributed by atoms with van der Waals surface area (Å²) < 4.78 is 23.1. The Morgan fingerprint density at radius 2 is 0.526 bits per heavy atom. The van der Waals surface area contributed by atoms with E-state index in [1.807, 2.05) is 21.1 Å². The lowest BCUT2D eigenvalue weighted by Gasteiger charge is -2.25. The Hall–Kier alpha value is -1.97. The number of carboxylic acids is 1. The number of esters is 2. The van der Waals surface area contributed by atoms with E-state index in [1.54, 1.807) is 0 Å². The lowest BCUT2D eigenvalue weighted by atomic mass is 10.0. The van der Waals surface area contributed by atoms with Crippen LogP contribution in [0.5, 0.6) is 0 Å². The summed E-state index contributed by atoms with van der Waals surface area (Å²) in [4.78, 5) is 37.8. The second-order valence-corrected chi connectivity index (χ2v) is 31.6. The third kappa shape index (κ3) is 81.2. The summed E-state index contributed by atoms with van der Waals surface area (Å²) in [6.45, 7) is 4.98. The molecule has 0 saturated carbocycles. The van der Waals surface area contributed by atoms with Crippen LogP contribution in [0.25, 0.3) is 0 Å². The molecule has 0 aromatic rings. The van der Waals surface area contributed by atoms with Crippen LogP contribution in [0.1, 0.15) is 476 Å². The van der Waals surface area contributed by atoms with Crippen LogP contribution in [0.3, 0.4) is 0 Å². The fourth-order valence-corrected chi connectivity index (χ4v) is 13.8. The van der Waals surface area contributed by atoms with Crippen LogP contribution in [0.15, 0.2) is 12.2 Å². The first-order chi connectivity index (χ1) is 47.6. The number of ether oxygens (including phenoxy) is 4. The van der Waals surface area contributed by atoms with Gasteiger partial charge >= 0.3 is 17.9 Å². The molecular formula is C88H172NO8+. The summed E-state index contributed by atoms with van der Waals surface area (Å²) in [5, 5.41) is 9.78. The topological polar surface area (TPSA) is 108 Å². The van der Waals surface area contributed by atoms with Crippen LogP contribution in [0.4, 0.5) is 0 Å². The Labute approximate surface area is 606 Å². The number of carboxylic acid groups (broad SMARTS) is 1. The van der Waals surface area contributed by atoms with Gasteiger partial charge in [0.2, 0.25) is 0 Å². The van der Waals surface area contributed by atoms with Gasteiger partial charge < -0.3 is 28.5 Å². The standard InChI is InChI=1S/C88H171NO8/c1-6-8-10-12-14-16-18-20-22-24-26-28-30-32-34-36-38-39-40-41-42-43-44-45-46-47-49-50-52-54-56-58-60-62-64-66-68-70-72-74-76-78-85(90)95-82-84(83-96-88(87(92)93)94-81-80-89(3,4)5)97-86(91)79-77-75-73-71-69-67-65-63-61-59-57-55-53-51-48-37-35-33-31-29-27-25-23-21-19-17-15-13-11-9-7-2/h25,27,84,88H,6-24,26,28-83H2,1-5H3/p+1/b27-25-. The molecule has 0 spiro atoms. The Balaban J connectivity index is 3.88. The van der Waals surface area contributed by atoms with E-state index in [4.69, 9.17) is 18.9 Å². The van der Waals surface area contributed by atoms with E-state index in [0.29, 0.717) is 17.4 Å². The van der Waals surface area contributed by atoms with Gasteiger partial charge in [-0.15, -0.1) is 0 Å². The van der Waals surface area contributed by atoms with Crippen molar-refractivity contribution in [2.24, 2.45) is 0 Å². The van der Waals surface area contributed by atoms with Gasteiger partial charge in [0.15, 0.2) is 6.10 Å². The molecule has 97 heavy (non-hydrogen) atoms. The minimum absolute atomic E-state index is 0.173. The Morgan fingerprint density at radius 3 is 0.763 bits per heavy atom. The van der Waals surface area contributed by atoms with E-state index in [-0.39, 0.29) is 38.2 Å². The molecule has 0 saturated heterocycles. The first kappa shape index (κ1) is 95.0. The normalized spacial score (nSPS) is 12.5. The molecule has 0 fully saturated rings. The number of likely N-dealkylation sites (N-methyl/N-ethyl adjacent to an activating group) is 1. The summed E-state index contributed by atoms with van der Waals surface area (Å²) in [6, 6.07) is 0. The van der Waals surface area contributed by atoms with Crippen molar-refractivity contribution < 1.29 is 42.9 Å². The fraction of sp³-hybridized carbons (Fsp3) is 0.943. The van der Waals surface area contributed by atoms with E-state index in [0.717, 1.165) is 38.5 Å². The first-order valence-electron chi connectivity index (χ1n) is 43.9. The van der Waals surface area contributed by atoms with Crippen LogP contribution in [-0.2, 0) is 33.3 Å². The summed E-state index contributed by atoms with van der Waals surface area (Å²) in [5.74, 6) is -1.96. The van der Waals surface area contributed by atoms with Crippen LogP contribution in [-0.4, -0.2) is 87.4 Å². The fourth-order valence-electron chi connectivity index (χ4n) is 13.8. The van der Waals surface area contributed by atoms with Crippen molar-refractivity contribution in [2.75, 3.05) is 47.5 Å². The molecule has 0 aromatic heterocycles. The molecule has 0 amide bonds. The largest absolute Gasteiger partial charge is 0.477 e. The molecule has 2 atom stereocenters. The monoisotopic (exact) mass is 1370 g/mol. The highest BCUT2D eigenvalue weighted by Gasteiger charge is 2.25. The van der Waals surface area contributed by atoms with Gasteiger partial charge in [-0.25, -0.2) is 4.79 Å². The maximum absolute atomic E-state index is 13.0. The zero-order chi connectivity index (χ0) is 70.4. The molecule has 0 rings (SSSR count). The summed E-state index contributed by atoms with van der Waals surface area (Å²) in [7, 11) is 6.01. The van der Waals surface area contributed by atoms with Gasteiger partial charge in [-0.05, 0) is 38.5 Å². The van der Waals surface area contributed by atoms with Crippen molar-refractivity contribution >= 4 is 17.9 Å². The molecule has 9 heteroatoms. The first-order valence-corrected chi connectivity index (χ1v) is 43.9. The van der Waals surface area contributed by atoms with Gasteiger partial charge in [-0.3, -0.25) is 9.59 Å². The zero-order valence-corrected chi connectivity index (χ0v) is 66.3. The maximum atomic E-state index is 13.0. The number of allylic oxidation sites excluding steroid dienone is 2. The van der Waals surface area contributed by atoms with Crippen LogP contribution in [0.2, 0.25) is 0 Å². The van der Waals surface area contributed by atoms with Crippen molar-refractivity contribution in [1.82, 2.24) is 0 Å². The van der Waals surface area contributed by atoms with E-state index in [9.17, 15) is 19.5 Å². The Kier molecular flexibility index (Phi) is 78.1. The predicted octanol–water partition coefficient (Wildman–Crippen LogP) is 28.3. The molecular weight excluding hydrogens is 1200 g/mol. The molecule has 0 heterocycles.